The summed E-state index contributed by atoms with van der Waals surface area (Å²) >= 11 is 0. The predicted octanol–water partition coefficient (Wildman–Crippen LogP) is -0.0584. The minimum atomic E-state index is -0.582. The van der Waals surface area contributed by atoms with Crippen LogP contribution in [0.5, 0.6) is 0 Å². The zero-order valence-electron chi connectivity index (χ0n) is 11.5. The summed E-state index contributed by atoms with van der Waals surface area (Å²) < 4.78 is 15.0. The molecule has 0 rings (SSSR count). The first kappa shape index (κ1) is 17.3. The summed E-state index contributed by atoms with van der Waals surface area (Å²) in [5.41, 5.74) is 0. The Kier molecular flexibility index (Phi) is 11.0. The highest BCUT2D eigenvalue weighted by atomic mass is 16.5. The van der Waals surface area contributed by atoms with E-state index in [4.69, 9.17) is 9.47 Å². The van der Waals surface area contributed by atoms with Crippen LogP contribution < -0.4 is 5.32 Å². The Morgan fingerprint density at radius 1 is 1.33 bits per heavy atom. The smallest absolute Gasteiger partial charge is 0.306 e. The van der Waals surface area contributed by atoms with E-state index in [0.29, 0.717) is 32.7 Å². The SMILES string of the molecule is COC(=O)CCNCC(O)COCCOC(C)C. The first-order valence-electron chi connectivity index (χ1n) is 6.21. The topological polar surface area (TPSA) is 77.0 Å². The number of hydrogen-bond donors (Lipinski definition) is 2. The maximum Gasteiger partial charge on any atom is 0.306 e. The van der Waals surface area contributed by atoms with E-state index in [1.807, 2.05) is 13.8 Å². The van der Waals surface area contributed by atoms with Gasteiger partial charge in [0.1, 0.15) is 0 Å². The molecule has 0 aliphatic carbocycles. The fraction of sp³-hybridized carbons (Fsp3) is 0.917. The number of nitrogens with one attached hydrogen (secondary N) is 1. The number of esters is 1. The van der Waals surface area contributed by atoms with Gasteiger partial charge in [0.25, 0.3) is 0 Å². The van der Waals surface area contributed by atoms with E-state index < -0.39 is 6.10 Å². The van der Waals surface area contributed by atoms with Crippen LogP contribution in [0.2, 0.25) is 0 Å². The lowest BCUT2D eigenvalue weighted by Crippen LogP contribution is -2.32. The van der Waals surface area contributed by atoms with Crippen molar-refractivity contribution in [3.05, 3.63) is 0 Å². The maximum atomic E-state index is 10.8. The Morgan fingerprint density at radius 2 is 2.06 bits per heavy atom. The van der Waals surface area contributed by atoms with Crippen molar-refractivity contribution < 1.29 is 24.1 Å². The Bertz CT molecular complexity index is 211. The van der Waals surface area contributed by atoms with Crippen molar-refractivity contribution in [3.8, 4) is 0 Å². The van der Waals surface area contributed by atoms with Crippen molar-refractivity contribution in [3.63, 3.8) is 0 Å². The average molecular weight is 263 g/mol. The van der Waals surface area contributed by atoms with Gasteiger partial charge in [-0.1, -0.05) is 0 Å². The van der Waals surface area contributed by atoms with Crippen molar-refractivity contribution in [1.29, 1.82) is 0 Å². The third-order valence-electron chi connectivity index (χ3n) is 2.10. The number of hydrogen-bond acceptors (Lipinski definition) is 6. The molecule has 1 atom stereocenters. The molecule has 0 bridgehead atoms. The van der Waals surface area contributed by atoms with E-state index in [9.17, 15) is 9.90 Å². The third kappa shape index (κ3) is 11.8. The van der Waals surface area contributed by atoms with Crippen LogP contribution >= 0.6 is 0 Å². The largest absolute Gasteiger partial charge is 0.469 e. The van der Waals surface area contributed by atoms with Gasteiger partial charge >= 0.3 is 5.97 Å². The number of aliphatic hydroxyl groups is 1. The molecule has 0 radical (unpaired) electrons. The van der Waals surface area contributed by atoms with Gasteiger partial charge in [-0.05, 0) is 13.8 Å². The van der Waals surface area contributed by atoms with Gasteiger partial charge in [-0.2, -0.15) is 0 Å². The lowest BCUT2D eigenvalue weighted by Gasteiger charge is -2.13. The minimum absolute atomic E-state index is 0.193. The van der Waals surface area contributed by atoms with Gasteiger partial charge in [-0.3, -0.25) is 4.79 Å². The first-order valence-corrected chi connectivity index (χ1v) is 6.21. The van der Waals surface area contributed by atoms with Crippen molar-refractivity contribution in [2.45, 2.75) is 32.5 Å². The van der Waals surface area contributed by atoms with Crippen LogP contribution in [0.1, 0.15) is 20.3 Å². The van der Waals surface area contributed by atoms with Crippen LogP contribution in [0, 0.1) is 0 Å². The molecule has 1 unspecified atom stereocenters. The van der Waals surface area contributed by atoms with Crippen molar-refractivity contribution in [2.24, 2.45) is 0 Å². The van der Waals surface area contributed by atoms with Crippen molar-refractivity contribution >= 4 is 5.97 Å². The predicted molar refractivity (Wildman–Crippen MR) is 67.4 cm³/mol. The lowest BCUT2D eigenvalue weighted by atomic mass is 10.3. The van der Waals surface area contributed by atoms with Gasteiger partial charge in [0.15, 0.2) is 0 Å². The van der Waals surface area contributed by atoms with Crippen LogP contribution in [0.4, 0.5) is 0 Å². The summed E-state index contributed by atoms with van der Waals surface area (Å²) in [4.78, 5) is 10.8. The summed E-state index contributed by atoms with van der Waals surface area (Å²) in [6.07, 6.45) is -0.0908. The molecule has 0 fully saturated rings. The summed E-state index contributed by atoms with van der Waals surface area (Å²) in [5.74, 6) is -0.265. The Balaban J connectivity index is 3.27. The zero-order valence-corrected chi connectivity index (χ0v) is 11.5. The van der Waals surface area contributed by atoms with Crippen LogP contribution in [0.15, 0.2) is 0 Å². The molecule has 6 nitrogen and oxygen atoms in total. The van der Waals surface area contributed by atoms with Crippen molar-refractivity contribution in [2.75, 3.05) is 40.0 Å². The molecule has 0 aromatic heterocycles. The highest BCUT2D eigenvalue weighted by Crippen LogP contribution is 1.89. The molecule has 0 amide bonds. The molecule has 0 spiro atoms. The van der Waals surface area contributed by atoms with E-state index in [2.05, 4.69) is 10.1 Å². The summed E-state index contributed by atoms with van der Waals surface area (Å²) in [6.45, 7) is 6.05. The molecule has 0 aromatic carbocycles. The maximum absolute atomic E-state index is 10.8. The fourth-order valence-electron chi connectivity index (χ4n) is 1.18. The Morgan fingerprint density at radius 3 is 2.67 bits per heavy atom. The molecule has 6 heteroatoms. The van der Waals surface area contributed by atoms with Gasteiger partial charge < -0.3 is 24.6 Å². The van der Waals surface area contributed by atoms with E-state index in [0.717, 1.165) is 0 Å². The van der Waals surface area contributed by atoms with Gasteiger partial charge in [-0.25, -0.2) is 0 Å². The molecule has 0 heterocycles. The van der Waals surface area contributed by atoms with Crippen LogP contribution in [0.25, 0.3) is 0 Å². The van der Waals surface area contributed by atoms with Crippen molar-refractivity contribution in [1.82, 2.24) is 5.32 Å². The summed E-state index contributed by atoms with van der Waals surface area (Å²) in [5, 5.41) is 12.5. The molecule has 2 N–H and O–H groups in total. The van der Waals surface area contributed by atoms with E-state index in [1.54, 1.807) is 0 Å². The molecule has 108 valence electrons. The second-order valence-electron chi connectivity index (χ2n) is 4.18. The summed E-state index contributed by atoms with van der Waals surface area (Å²) in [7, 11) is 1.35. The quantitative estimate of drug-likeness (QED) is 0.402. The average Bonchev–Trinajstić information content (AvgIpc) is 2.33. The second-order valence-corrected chi connectivity index (χ2v) is 4.18. The molecule has 18 heavy (non-hydrogen) atoms. The standard InChI is InChI=1S/C12H25NO5/c1-10(2)18-7-6-17-9-11(14)8-13-5-4-12(15)16-3/h10-11,13-14H,4-9H2,1-3H3. The number of carbonyl (C=O) groups is 1. The number of rotatable bonds is 11. The normalized spacial score (nSPS) is 12.7. The van der Waals surface area contributed by atoms with Gasteiger partial charge in [-0.15, -0.1) is 0 Å². The highest BCUT2D eigenvalue weighted by molar-refractivity contribution is 5.69. The van der Waals surface area contributed by atoms with E-state index in [1.165, 1.54) is 7.11 Å². The molecule has 0 aromatic rings. The second kappa shape index (κ2) is 11.4. The van der Waals surface area contributed by atoms with E-state index >= 15 is 0 Å². The molecule has 0 saturated carbocycles. The molecular formula is C12H25NO5. The number of ether oxygens (including phenoxy) is 3. The molecule has 0 aliphatic rings. The van der Waals surface area contributed by atoms with Gasteiger partial charge in [0.05, 0.1) is 45.6 Å². The third-order valence-corrected chi connectivity index (χ3v) is 2.10. The van der Waals surface area contributed by atoms with Crippen LogP contribution in [-0.4, -0.2) is 63.3 Å². The monoisotopic (exact) mass is 263 g/mol. The zero-order chi connectivity index (χ0) is 13.8. The number of carbonyl (C=O) groups excluding carboxylic acids is 1. The Labute approximate surface area is 109 Å². The molecule has 0 saturated heterocycles. The minimum Gasteiger partial charge on any atom is -0.469 e. The van der Waals surface area contributed by atoms with Crippen LogP contribution in [-0.2, 0) is 19.0 Å². The number of methoxy groups -OCH3 is 1. The fourth-order valence-corrected chi connectivity index (χ4v) is 1.18. The van der Waals surface area contributed by atoms with E-state index in [-0.39, 0.29) is 18.7 Å². The Hall–Kier alpha value is -0.690. The van der Waals surface area contributed by atoms with Gasteiger partial charge in [0, 0.05) is 13.1 Å². The lowest BCUT2D eigenvalue weighted by molar-refractivity contribution is -0.140. The molecular weight excluding hydrogens is 238 g/mol. The summed E-state index contributed by atoms with van der Waals surface area (Å²) in [6, 6.07) is 0. The number of aliphatic hydroxyl groups excluding tert-OH is 1. The van der Waals surface area contributed by atoms with Gasteiger partial charge in [0.2, 0.25) is 0 Å². The van der Waals surface area contributed by atoms with Crippen LogP contribution in [0.3, 0.4) is 0 Å². The highest BCUT2D eigenvalue weighted by Gasteiger charge is 2.05. The first-order chi connectivity index (χ1) is 8.56. The molecule has 0 aliphatic heterocycles.